The average molecular weight is 522 g/mol. The molecule has 0 unspecified atom stereocenters. The maximum atomic E-state index is 13.1. The van der Waals surface area contributed by atoms with Crippen LogP contribution in [0.25, 0.3) is 10.4 Å². The number of nitrogens with zero attached hydrogens (tertiary/aromatic N) is 1. The van der Waals surface area contributed by atoms with Crippen LogP contribution in [0.3, 0.4) is 0 Å². The van der Waals surface area contributed by atoms with Crippen LogP contribution in [-0.2, 0) is 16.4 Å². The quantitative estimate of drug-likeness (QED) is 0.448. The van der Waals surface area contributed by atoms with Gasteiger partial charge in [0.2, 0.25) is 0 Å². The monoisotopic (exact) mass is 521 g/mol. The zero-order valence-electron chi connectivity index (χ0n) is 18.7. The standard InChI is InChI=1S/C24H24ClNO6S2/c1-3-34(29,30)14-19(27)13-32-20-9-8-18(11-21(20)31-2)26-12-16-10-22(33-23(16)24(26)28)15-4-6-17(25)7-5-15/h4-11,19,27H,3,12-14H2,1-2H3/t19-/m0/s1. The normalized spacial score (nSPS) is 14.2. The Kier molecular flexibility index (Phi) is 7.18. The summed E-state index contributed by atoms with van der Waals surface area (Å²) in [4.78, 5) is 16.5. The minimum atomic E-state index is -3.32. The first-order valence-electron chi connectivity index (χ1n) is 10.6. The van der Waals surface area contributed by atoms with Crippen LogP contribution in [0.5, 0.6) is 11.5 Å². The molecule has 3 aromatic rings. The van der Waals surface area contributed by atoms with E-state index in [1.165, 1.54) is 25.4 Å². The lowest BCUT2D eigenvalue weighted by atomic mass is 10.1. The summed E-state index contributed by atoms with van der Waals surface area (Å²) in [5, 5.41) is 10.7. The highest BCUT2D eigenvalue weighted by Crippen LogP contribution is 2.40. The molecule has 1 aromatic heterocycles. The van der Waals surface area contributed by atoms with Gasteiger partial charge in [0.15, 0.2) is 21.3 Å². The lowest BCUT2D eigenvalue weighted by molar-refractivity contribution is 0.1000. The summed E-state index contributed by atoms with van der Waals surface area (Å²) in [5.74, 6) is 0.236. The number of ether oxygens (including phenoxy) is 2. The smallest absolute Gasteiger partial charge is 0.269 e. The lowest BCUT2D eigenvalue weighted by Crippen LogP contribution is -2.28. The molecule has 7 nitrogen and oxygen atoms in total. The molecule has 1 amide bonds. The highest BCUT2D eigenvalue weighted by molar-refractivity contribution is 7.91. The largest absolute Gasteiger partial charge is 0.493 e. The Morgan fingerprint density at radius 2 is 1.88 bits per heavy atom. The van der Waals surface area contributed by atoms with E-state index in [0.29, 0.717) is 33.6 Å². The minimum absolute atomic E-state index is 0.0430. The van der Waals surface area contributed by atoms with Gasteiger partial charge in [-0.05, 0) is 41.5 Å². The molecule has 0 spiro atoms. The van der Waals surface area contributed by atoms with Gasteiger partial charge in [-0.15, -0.1) is 11.3 Å². The van der Waals surface area contributed by atoms with Crippen molar-refractivity contribution in [2.24, 2.45) is 0 Å². The summed E-state index contributed by atoms with van der Waals surface area (Å²) in [7, 11) is -1.84. The van der Waals surface area contributed by atoms with Crippen LogP contribution in [0, 0.1) is 0 Å². The Morgan fingerprint density at radius 3 is 2.53 bits per heavy atom. The SMILES string of the molecule is CCS(=O)(=O)C[C@@H](O)COc1ccc(N2Cc3cc(-c4ccc(Cl)cc4)sc3C2=O)cc1OC. The fourth-order valence-corrected chi connectivity index (χ4v) is 5.82. The van der Waals surface area contributed by atoms with Gasteiger partial charge >= 0.3 is 0 Å². The van der Waals surface area contributed by atoms with Gasteiger partial charge in [-0.3, -0.25) is 4.79 Å². The van der Waals surface area contributed by atoms with Crippen LogP contribution in [0.1, 0.15) is 22.2 Å². The molecule has 1 N–H and O–H groups in total. The van der Waals surface area contributed by atoms with E-state index in [-0.39, 0.29) is 24.0 Å². The number of anilines is 1. The Balaban J connectivity index is 1.47. The molecule has 0 saturated heterocycles. The molecule has 0 saturated carbocycles. The van der Waals surface area contributed by atoms with Crippen molar-refractivity contribution in [1.82, 2.24) is 0 Å². The van der Waals surface area contributed by atoms with Gasteiger partial charge in [-0.25, -0.2) is 8.42 Å². The molecule has 34 heavy (non-hydrogen) atoms. The van der Waals surface area contributed by atoms with Crippen molar-refractivity contribution in [3.05, 3.63) is 64.0 Å². The number of fused-ring (bicyclic) bond motifs is 1. The number of thiophene rings is 1. The molecule has 0 aliphatic carbocycles. The number of sulfone groups is 1. The summed E-state index contributed by atoms with van der Waals surface area (Å²) >= 11 is 7.42. The second-order valence-corrected chi connectivity index (χ2v) is 11.7. The number of halogens is 1. The van der Waals surface area contributed by atoms with E-state index in [0.717, 1.165) is 16.0 Å². The number of hydrogen-bond donors (Lipinski definition) is 1. The van der Waals surface area contributed by atoms with Crippen LogP contribution < -0.4 is 14.4 Å². The van der Waals surface area contributed by atoms with Crippen molar-refractivity contribution >= 4 is 44.4 Å². The Hall–Kier alpha value is -2.59. The number of rotatable bonds is 9. The van der Waals surface area contributed by atoms with E-state index >= 15 is 0 Å². The first-order valence-corrected chi connectivity index (χ1v) is 13.6. The predicted molar refractivity (Wildman–Crippen MR) is 134 cm³/mol. The summed E-state index contributed by atoms with van der Waals surface area (Å²) in [6, 6.07) is 14.6. The second-order valence-electron chi connectivity index (χ2n) is 7.86. The molecule has 0 fully saturated rings. The number of aliphatic hydroxyl groups excluding tert-OH is 1. The zero-order valence-corrected chi connectivity index (χ0v) is 21.0. The van der Waals surface area contributed by atoms with Gasteiger partial charge in [0.05, 0.1) is 24.3 Å². The van der Waals surface area contributed by atoms with Crippen molar-refractivity contribution in [3.63, 3.8) is 0 Å². The molecule has 0 radical (unpaired) electrons. The van der Waals surface area contributed by atoms with Gasteiger partial charge in [0, 0.05) is 27.4 Å². The van der Waals surface area contributed by atoms with Crippen molar-refractivity contribution < 1.29 is 27.8 Å². The molecule has 1 aliphatic heterocycles. The molecular weight excluding hydrogens is 498 g/mol. The van der Waals surface area contributed by atoms with E-state index in [1.54, 1.807) is 23.1 Å². The molecule has 2 aromatic carbocycles. The summed E-state index contributed by atoms with van der Waals surface area (Å²) in [6.07, 6.45) is -1.15. The van der Waals surface area contributed by atoms with E-state index in [4.69, 9.17) is 21.1 Å². The van der Waals surface area contributed by atoms with E-state index in [9.17, 15) is 18.3 Å². The van der Waals surface area contributed by atoms with Crippen molar-refractivity contribution in [3.8, 4) is 21.9 Å². The topological polar surface area (TPSA) is 93.1 Å². The molecule has 1 atom stereocenters. The van der Waals surface area contributed by atoms with E-state index in [1.807, 2.05) is 30.3 Å². The van der Waals surface area contributed by atoms with Crippen molar-refractivity contribution in [2.75, 3.05) is 30.1 Å². The van der Waals surface area contributed by atoms with Crippen LogP contribution >= 0.6 is 22.9 Å². The minimum Gasteiger partial charge on any atom is -0.493 e. The number of hydrogen-bond acceptors (Lipinski definition) is 7. The molecule has 0 bridgehead atoms. The van der Waals surface area contributed by atoms with Crippen LogP contribution in [0.4, 0.5) is 5.69 Å². The predicted octanol–water partition coefficient (Wildman–Crippen LogP) is 4.41. The summed E-state index contributed by atoms with van der Waals surface area (Å²) in [5.41, 5.74) is 2.62. The van der Waals surface area contributed by atoms with E-state index in [2.05, 4.69) is 0 Å². The van der Waals surface area contributed by atoms with Gasteiger partial charge < -0.3 is 19.5 Å². The fraction of sp³-hybridized carbons (Fsp3) is 0.292. The summed E-state index contributed by atoms with van der Waals surface area (Å²) in [6.45, 7) is 1.78. The van der Waals surface area contributed by atoms with Crippen molar-refractivity contribution in [2.45, 2.75) is 19.6 Å². The molecular formula is C24H24ClNO6S2. The molecule has 1 aliphatic rings. The van der Waals surface area contributed by atoms with Gasteiger partial charge in [-0.1, -0.05) is 30.7 Å². The van der Waals surface area contributed by atoms with Crippen LogP contribution in [-0.4, -0.2) is 50.8 Å². The number of methoxy groups -OCH3 is 1. The fourth-order valence-electron chi connectivity index (χ4n) is 3.65. The van der Waals surface area contributed by atoms with Crippen LogP contribution in [0.15, 0.2) is 48.5 Å². The number of aliphatic hydroxyl groups is 1. The maximum absolute atomic E-state index is 13.1. The molecule has 2 heterocycles. The first kappa shape index (κ1) is 24.5. The van der Waals surface area contributed by atoms with Crippen molar-refractivity contribution in [1.29, 1.82) is 0 Å². The van der Waals surface area contributed by atoms with Gasteiger partial charge in [0.25, 0.3) is 5.91 Å². The molecule has 180 valence electrons. The Morgan fingerprint density at radius 1 is 1.15 bits per heavy atom. The van der Waals surface area contributed by atoms with Gasteiger partial charge in [0.1, 0.15) is 12.7 Å². The highest BCUT2D eigenvalue weighted by atomic mass is 35.5. The lowest BCUT2D eigenvalue weighted by Gasteiger charge is -2.19. The third-order valence-corrected chi connectivity index (χ3v) is 8.72. The highest BCUT2D eigenvalue weighted by Gasteiger charge is 2.32. The Labute approximate surface area is 207 Å². The number of benzene rings is 2. The maximum Gasteiger partial charge on any atom is 0.269 e. The molecule has 4 rings (SSSR count). The third kappa shape index (κ3) is 5.22. The number of amides is 1. The third-order valence-electron chi connectivity index (χ3n) is 5.48. The zero-order chi connectivity index (χ0) is 24.5. The summed E-state index contributed by atoms with van der Waals surface area (Å²) < 4.78 is 34.3. The van der Waals surface area contributed by atoms with E-state index < -0.39 is 15.9 Å². The van der Waals surface area contributed by atoms with Gasteiger partial charge in [-0.2, -0.15) is 0 Å². The second kappa shape index (κ2) is 9.95. The average Bonchev–Trinajstić information content (AvgIpc) is 3.37. The number of carbonyl (C=O) groups excluding carboxylic acids is 1. The number of carbonyl (C=O) groups is 1. The Bertz CT molecular complexity index is 1300. The first-order chi connectivity index (χ1) is 16.2. The van der Waals surface area contributed by atoms with Crippen LogP contribution in [0.2, 0.25) is 5.02 Å². The molecule has 10 heteroatoms.